The molecule has 1 aliphatic rings. The minimum absolute atomic E-state index is 0.00167. The van der Waals surface area contributed by atoms with Crippen LogP contribution in [0.4, 0.5) is 0 Å². The first-order chi connectivity index (χ1) is 12.5. The van der Waals surface area contributed by atoms with Crippen LogP contribution in [0.2, 0.25) is 0 Å². The van der Waals surface area contributed by atoms with Crippen molar-refractivity contribution in [2.45, 2.75) is 32.4 Å². The topological polar surface area (TPSA) is 56.7 Å². The Morgan fingerprint density at radius 1 is 1.31 bits per heavy atom. The fourth-order valence-corrected chi connectivity index (χ4v) is 3.56. The van der Waals surface area contributed by atoms with Gasteiger partial charge in [0.25, 0.3) is 5.91 Å². The van der Waals surface area contributed by atoms with Crippen molar-refractivity contribution in [1.82, 2.24) is 14.8 Å². The second-order valence-corrected chi connectivity index (χ2v) is 7.23. The molecule has 0 radical (unpaired) electrons. The van der Waals surface area contributed by atoms with Crippen LogP contribution in [0.25, 0.3) is 0 Å². The van der Waals surface area contributed by atoms with E-state index in [1.807, 2.05) is 43.3 Å². The van der Waals surface area contributed by atoms with Crippen LogP contribution >= 0.6 is 0 Å². The predicted octanol–water partition coefficient (Wildman–Crippen LogP) is 2.49. The highest BCUT2D eigenvalue weighted by Crippen LogP contribution is 2.25. The number of aryl methyl sites for hydroxylation is 1. The van der Waals surface area contributed by atoms with Crippen molar-refractivity contribution in [3.63, 3.8) is 0 Å². The summed E-state index contributed by atoms with van der Waals surface area (Å²) in [7, 11) is 0. The number of amides is 1. The number of nitrogens with zero attached hydrogens (tertiary/aromatic N) is 3. The van der Waals surface area contributed by atoms with Gasteiger partial charge in [-0.05, 0) is 49.7 Å². The standard InChI is InChI=1S/C21H27N3O2/c1-3-23(14-18-7-10-22-11-8-18)15-21(26)9-12-24(16-21)20(25)19-6-4-5-17(2)13-19/h4-8,10-11,13,26H,3,9,12,14-16H2,1-2H3/t21-/m0/s1. The van der Waals surface area contributed by atoms with Crippen molar-refractivity contribution < 1.29 is 9.90 Å². The fraction of sp³-hybridized carbons (Fsp3) is 0.429. The van der Waals surface area contributed by atoms with Gasteiger partial charge in [-0.2, -0.15) is 0 Å². The molecule has 2 aromatic rings. The van der Waals surface area contributed by atoms with E-state index in [2.05, 4.69) is 16.8 Å². The van der Waals surface area contributed by atoms with E-state index in [0.29, 0.717) is 31.6 Å². The van der Waals surface area contributed by atoms with Gasteiger partial charge in [0, 0.05) is 37.6 Å². The summed E-state index contributed by atoms with van der Waals surface area (Å²) in [5.74, 6) is 0.00167. The maximum atomic E-state index is 12.7. The number of benzene rings is 1. The van der Waals surface area contributed by atoms with E-state index < -0.39 is 5.60 Å². The van der Waals surface area contributed by atoms with Gasteiger partial charge in [0.15, 0.2) is 0 Å². The molecule has 1 atom stereocenters. The molecule has 1 aromatic carbocycles. The van der Waals surface area contributed by atoms with Crippen LogP contribution in [-0.4, -0.2) is 57.6 Å². The number of hydrogen-bond donors (Lipinski definition) is 1. The summed E-state index contributed by atoms with van der Waals surface area (Å²) >= 11 is 0. The van der Waals surface area contributed by atoms with Crippen LogP contribution in [0.1, 0.15) is 34.8 Å². The van der Waals surface area contributed by atoms with Crippen molar-refractivity contribution in [2.75, 3.05) is 26.2 Å². The lowest BCUT2D eigenvalue weighted by Gasteiger charge is -2.30. The van der Waals surface area contributed by atoms with Gasteiger partial charge in [0.1, 0.15) is 0 Å². The number of carbonyl (C=O) groups excluding carboxylic acids is 1. The average Bonchev–Trinajstić information content (AvgIpc) is 3.03. The summed E-state index contributed by atoms with van der Waals surface area (Å²) in [6.07, 6.45) is 4.18. The highest BCUT2D eigenvalue weighted by atomic mass is 16.3. The molecule has 1 N–H and O–H groups in total. The molecule has 5 nitrogen and oxygen atoms in total. The highest BCUT2D eigenvalue weighted by Gasteiger charge is 2.39. The lowest BCUT2D eigenvalue weighted by molar-refractivity contribution is 0.0108. The van der Waals surface area contributed by atoms with E-state index in [1.54, 1.807) is 17.3 Å². The second-order valence-electron chi connectivity index (χ2n) is 7.23. The Labute approximate surface area is 155 Å². The molecule has 26 heavy (non-hydrogen) atoms. The molecule has 1 aliphatic heterocycles. The number of rotatable bonds is 6. The van der Waals surface area contributed by atoms with Crippen LogP contribution in [0, 0.1) is 6.92 Å². The maximum Gasteiger partial charge on any atom is 0.253 e. The molecule has 1 saturated heterocycles. The molecule has 1 amide bonds. The first-order valence-electron chi connectivity index (χ1n) is 9.19. The van der Waals surface area contributed by atoms with Gasteiger partial charge in [-0.3, -0.25) is 14.7 Å². The Morgan fingerprint density at radius 3 is 2.77 bits per heavy atom. The number of β-amino-alcohol motifs (C(OH)–C–C–N with tert-alkyl or cyclic N) is 1. The summed E-state index contributed by atoms with van der Waals surface area (Å²) < 4.78 is 0. The Balaban J connectivity index is 1.63. The molecule has 0 spiro atoms. The summed E-state index contributed by atoms with van der Waals surface area (Å²) in [5.41, 5.74) is 2.08. The first kappa shape index (κ1) is 18.5. The number of likely N-dealkylation sites (N-methyl/N-ethyl adjacent to an activating group) is 1. The van der Waals surface area contributed by atoms with E-state index in [9.17, 15) is 9.90 Å². The van der Waals surface area contributed by atoms with Crippen molar-refractivity contribution in [2.24, 2.45) is 0 Å². The Bertz CT molecular complexity index is 750. The number of carbonyl (C=O) groups is 1. The molecule has 0 saturated carbocycles. The highest BCUT2D eigenvalue weighted by molar-refractivity contribution is 5.94. The number of pyridine rings is 1. The predicted molar refractivity (Wildman–Crippen MR) is 102 cm³/mol. The summed E-state index contributed by atoms with van der Waals surface area (Å²) in [4.78, 5) is 20.8. The zero-order valence-corrected chi connectivity index (χ0v) is 15.6. The third-order valence-electron chi connectivity index (χ3n) is 5.01. The number of hydrogen-bond acceptors (Lipinski definition) is 4. The zero-order valence-electron chi connectivity index (χ0n) is 15.6. The van der Waals surface area contributed by atoms with Crippen molar-refractivity contribution in [1.29, 1.82) is 0 Å². The molecule has 138 valence electrons. The minimum Gasteiger partial charge on any atom is -0.387 e. The largest absolute Gasteiger partial charge is 0.387 e. The third kappa shape index (κ3) is 4.48. The normalized spacial score (nSPS) is 19.9. The second kappa shape index (κ2) is 7.98. The van der Waals surface area contributed by atoms with Gasteiger partial charge >= 0.3 is 0 Å². The van der Waals surface area contributed by atoms with Gasteiger partial charge in [-0.15, -0.1) is 0 Å². The van der Waals surface area contributed by atoms with Crippen LogP contribution in [0.3, 0.4) is 0 Å². The lowest BCUT2D eigenvalue weighted by Crippen LogP contribution is -2.45. The Hall–Kier alpha value is -2.24. The van der Waals surface area contributed by atoms with Gasteiger partial charge < -0.3 is 10.0 Å². The van der Waals surface area contributed by atoms with Gasteiger partial charge in [-0.25, -0.2) is 0 Å². The quantitative estimate of drug-likeness (QED) is 0.867. The molecule has 5 heteroatoms. The van der Waals surface area contributed by atoms with E-state index in [4.69, 9.17) is 0 Å². The van der Waals surface area contributed by atoms with E-state index >= 15 is 0 Å². The Morgan fingerprint density at radius 2 is 2.08 bits per heavy atom. The molecule has 0 unspecified atom stereocenters. The molecule has 0 bridgehead atoms. The van der Waals surface area contributed by atoms with Crippen molar-refractivity contribution in [3.8, 4) is 0 Å². The molecule has 1 fully saturated rings. The number of aliphatic hydroxyl groups is 1. The zero-order chi connectivity index (χ0) is 18.6. The monoisotopic (exact) mass is 353 g/mol. The SMILES string of the molecule is CCN(Cc1ccncc1)C[C@@]1(O)CCN(C(=O)c2cccc(C)c2)C1. The molecule has 3 rings (SSSR count). The number of aromatic nitrogens is 1. The fourth-order valence-electron chi connectivity index (χ4n) is 3.56. The van der Waals surface area contributed by atoms with Crippen LogP contribution < -0.4 is 0 Å². The van der Waals surface area contributed by atoms with Crippen molar-refractivity contribution >= 4 is 5.91 Å². The lowest BCUT2D eigenvalue weighted by atomic mass is 10.0. The molecule has 1 aromatic heterocycles. The van der Waals surface area contributed by atoms with E-state index in [-0.39, 0.29) is 5.91 Å². The van der Waals surface area contributed by atoms with Crippen LogP contribution in [0.15, 0.2) is 48.8 Å². The van der Waals surface area contributed by atoms with Crippen LogP contribution in [0.5, 0.6) is 0 Å². The number of likely N-dealkylation sites (tertiary alicyclic amines) is 1. The van der Waals surface area contributed by atoms with Gasteiger partial charge in [0.2, 0.25) is 0 Å². The average molecular weight is 353 g/mol. The smallest absolute Gasteiger partial charge is 0.253 e. The minimum atomic E-state index is -0.859. The Kier molecular flexibility index (Phi) is 5.69. The molecular formula is C21H27N3O2. The van der Waals surface area contributed by atoms with E-state index in [1.165, 1.54) is 5.56 Å². The van der Waals surface area contributed by atoms with Crippen LogP contribution in [-0.2, 0) is 6.54 Å². The molecule has 2 heterocycles. The molecular weight excluding hydrogens is 326 g/mol. The summed E-state index contributed by atoms with van der Waals surface area (Å²) in [6, 6.07) is 11.6. The van der Waals surface area contributed by atoms with Crippen molar-refractivity contribution in [3.05, 3.63) is 65.5 Å². The van der Waals surface area contributed by atoms with Gasteiger partial charge in [0.05, 0.1) is 12.1 Å². The molecule has 0 aliphatic carbocycles. The summed E-state index contributed by atoms with van der Waals surface area (Å²) in [6.45, 7) is 7.22. The summed E-state index contributed by atoms with van der Waals surface area (Å²) in [5, 5.41) is 11.0. The maximum absolute atomic E-state index is 12.7. The third-order valence-corrected chi connectivity index (χ3v) is 5.01. The first-order valence-corrected chi connectivity index (χ1v) is 9.19. The van der Waals surface area contributed by atoms with Gasteiger partial charge in [-0.1, -0.05) is 24.6 Å². The van der Waals surface area contributed by atoms with E-state index in [0.717, 1.165) is 18.7 Å².